The van der Waals surface area contributed by atoms with E-state index in [4.69, 9.17) is 26.9 Å². The van der Waals surface area contributed by atoms with E-state index in [0.29, 0.717) is 23.1 Å². The number of nitrogens with one attached hydrogen (secondary N) is 3. The van der Waals surface area contributed by atoms with Gasteiger partial charge in [-0.15, -0.1) is 0 Å². The van der Waals surface area contributed by atoms with Crippen LogP contribution >= 0.6 is 12.2 Å². The highest BCUT2D eigenvalue weighted by atomic mass is 32.1. The summed E-state index contributed by atoms with van der Waals surface area (Å²) in [5.41, 5.74) is 4.06. The molecule has 0 unspecified atom stereocenters. The Morgan fingerprint density at radius 1 is 0.868 bits per heavy atom. The molecular weight excluding hydrogens is 492 g/mol. The third-order valence-corrected chi connectivity index (χ3v) is 7.18. The number of hydrogen-bond acceptors (Lipinski definition) is 6. The molecule has 1 aliphatic carbocycles. The Hall–Kier alpha value is -3.91. The van der Waals surface area contributed by atoms with Gasteiger partial charge in [0.15, 0.2) is 5.11 Å². The minimum Gasteiger partial charge on any atom is -0.495 e. The maximum absolute atomic E-state index is 5.68. The maximum atomic E-state index is 5.68. The maximum Gasteiger partial charge on any atom is 0.225 e. The number of para-hydroxylation sites is 1. The first kappa shape index (κ1) is 25.7. The van der Waals surface area contributed by atoms with Crippen LogP contribution in [0.4, 0.5) is 17.5 Å². The minimum atomic E-state index is 0.311. The molecule has 0 spiro atoms. The number of ether oxygens (including phenoxy) is 1. The molecule has 38 heavy (non-hydrogen) atoms. The van der Waals surface area contributed by atoms with Crippen LogP contribution in [0, 0.1) is 0 Å². The standard InChI is InChI=1S/C30H34N6OS/c1-36(2)28-24-11-7-8-12-25(24)33-29(35-28)31-22-14-16-23(17-15-22)32-30(38)34-26-19-21(13-18-27(26)37-3)20-9-5-4-6-10-20/h4-13,18-19,22-23H,14-17H2,1-3H3,(H,31,33,35)(H2,32,34,38)/t22-,23+. The predicted octanol–water partition coefficient (Wildman–Crippen LogP) is 6.08. The van der Waals surface area contributed by atoms with Gasteiger partial charge in [0, 0.05) is 31.6 Å². The van der Waals surface area contributed by atoms with Gasteiger partial charge in [0.05, 0.1) is 18.3 Å². The fourth-order valence-corrected chi connectivity index (χ4v) is 5.27. The van der Waals surface area contributed by atoms with Crippen LogP contribution in [0.5, 0.6) is 5.75 Å². The summed E-state index contributed by atoms with van der Waals surface area (Å²) in [6, 6.07) is 25.2. The smallest absolute Gasteiger partial charge is 0.225 e. The first-order chi connectivity index (χ1) is 18.5. The summed E-state index contributed by atoms with van der Waals surface area (Å²) in [5, 5.41) is 12.1. The molecule has 7 nitrogen and oxygen atoms in total. The molecule has 1 fully saturated rings. The Morgan fingerprint density at radius 3 is 2.32 bits per heavy atom. The molecule has 5 rings (SSSR count). The van der Waals surface area contributed by atoms with E-state index < -0.39 is 0 Å². The lowest BCUT2D eigenvalue weighted by atomic mass is 9.91. The Morgan fingerprint density at radius 2 is 1.58 bits per heavy atom. The largest absolute Gasteiger partial charge is 0.495 e. The highest BCUT2D eigenvalue weighted by Gasteiger charge is 2.23. The van der Waals surface area contributed by atoms with Crippen LogP contribution in [-0.4, -0.2) is 48.4 Å². The molecule has 0 saturated heterocycles. The number of hydrogen-bond donors (Lipinski definition) is 3. The first-order valence-corrected chi connectivity index (χ1v) is 13.4. The molecule has 0 amide bonds. The van der Waals surface area contributed by atoms with Crippen LogP contribution in [0.2, 0.25) is 0 Å². The SMILES string of the molecule is COc1ccc(-c2ccccc2)cc1NC(=S)N[C@H]1CC[C@@H](Nc2nc(N(C)C)c3ccccc3n2)CC1. The number of methoxy groups -OCH3 is 1. The number of fused-ring (bicyclic) bond motifs is 1. The van der Waals surface area contributed by atoms with Crippen LogP contribution < -0.4 is 25.6 Å². The van der Waals surface area contributed by atoms with Crippen molar-refractivity contribution in [2.75, 3.05) is 36.7 Å². The lowest BCUT2D eigenvalue weighted by Crippen LogP contribution is -2.42. The van der Waals surface area contributed by atoms with E-state index >= 15 is 0 Å². The van der Waals surface area contributed by atoms with E-state index in [1.807, 2.05) is 61.5 Å². The molecule has 0 bridgehead atoms. The van der Waals surface area contributed by atoms with Crippen molar-refractivity contribution in [2.45, 2.75) is 37.8 Å². The Bertz CT molecular complexity index is 1400. The molecule has 0 radical (unpaired) electrons. The summed E-state index contributed by atoms with van der Waals surface area (Å²) in [5.74, 6) is 2.37. The highest BCUT2D eigenvalue weighted by molar-refractivity contribution is 7.80. The summed E-state index contributed by atoms with van der Waals surface area (Å²) >= 11 is 5.68. The van der Waals surface area contributed by atoms with Gasteiger partial charge in [-0.3, -0.25) is 0 Å². The number of thiocarbonyl (C=S) groups is 1. The van der Waals surface area contributed by atoms with E-state index in [9.17, 15) is 0 Å². The van der Waals surface area contributed by atoms with E-state index in [2.05, 4.69) is 46.3 Å². The minimum absolute atomic E-state index is 0.311. The Kier molecular flexibility index (Phi) is 7.89. The molecular formula is C30H34N6OS. The van der Waals surface area contributed by atoms with Crippen molar-refractivity contribution < 1.29 is 4.74 Å². The number of aromatic nitrogens is 2. The van der Waals surface area contributed by atoms with E-state index in [0.717, 1.165) is 65.0 Å². The van der Waals surface area contributed by atoms with Crippen LogP contribution in [0.25, 0.3) is 22.0 Å². The molecule has 4 aromatic rings. The molecule has 1 aliphatic rings. The van der Waals surface area contributed by atoms with Gasteiger partial charge in [0.2, 0.25) is 5.95 Å². The zero-order valence-corrected chi connectivity index (χ0v) is 22.9. The lowest BCUT2D eigenvalue weighted by Gasteiger charge is -2.30. The van der Waals surface area contributed by atoms with Crippen LogP contribution in [-0.2, 0) is 0 Å². The summed E-state index contributed by atoms with van der Waals surface area (Å²) < 4.78 is 5.57. The zero-order chi connectivity index (χ0) is 26.5. The van der Waals surface area contributed by atoms with Crippen molar-refractivity contribution in [3.05, 3.63) is 72.8 Å². The van der Waals surface area contributed by atoms with Gasteiger partial charge >= 0.3 is 0 Å². The summed E-state index contributed by atoms with van der Waals surface area (Å²) in [7, 11) is 5.70. The van der Waals surface area contributed by atoms with Crippen LogP contribution in [0.1, 0.15) is 25.7 Å². The Labute approximate surface area is 229 Å². The van der Waals surface area contributed by atoms with Crippen LogP contribution in [0.3, 0.4) is 0 Å². The van der Waals surface area contributed by atoms with E-state index in [1.165, 1.54) is 0 Å². The Balaban J connectivity index is 1.18. The monoisotopic (exact) mass is 526 g/mol. The molecule has 196 valence electrons. The molecule has 1 saturated carbocycles. The van der Waals surface area contributed by atoms with Gasteiger partial charge in [-0.2, -0.15) is 4.98 Å². The van der Waals surface area contributed by atoms with Crippen molar-refractivity contribution in [1.29, 1.82) is 0 Å². The van der Waals surface area contributed by atoms with Crippen molar-refractivity contribution >= 4 is 45.7 Å². The van der Waals surface area contributed by atoms with Gasteiger partial charge in [0.25, 0.3) is 0 Å². The fourth-order valence-electron chi connectivity index (χ4n) is 4.99. The van der Waals surface area contributed by atoms with Crippen molar-refractivity contribution in [2.24, 2.45) is 0 Å². The van der Waals surface area contributed by atoms with Gasteiger partial charge < -0.3 is 25.6 Å². The lowest BCUT2D eigenvalue weighted by molar-refractivity contribution is 0.387. The average Bonchev–Trinajstić information content (AvgIpc) is 2.94. The van der Waals surface area contributed by atoms with Crippen molar-refractivity contribution in [1.82, 2.24) is 15.3 Å². The second kappa shape index (κ2) is 11.6. The molecule has 0 atom stereocenters. The summed E-state index contributed by atoms with van der Waals surface area (Å²) in [6.45, 7) is 0. The highest BCUT2D eigenvalue weighted by Crippen LogP contribution is 2.31. The average molecular weight is 527 g/mol. The van der Waals surface area contributed by atoms with E-state index in [-0.39, 0.29) is 0 Å². The number of benzene rings is 3. The zero-order valence-electron chi connectivity index (χ0n) is 22.1. The normalized spacial score (nSPS) is 17.0. The molecule has 1 aromatic heterocycles. The number of rotatable bonds is 7. The van der Waals surface area contributed by atoms with Gasteiger partial charge in [-0.05, 0) is 73.3 Å². The van der Waals surface area contributed by atoms with Gasteiger partial charge in [0.1, 0.15) is 11.6 Å². The van der Waals surface area contributed by atoms with Crippen molar-refractivity contribution in [3.8, 4) is 16.9 Å². The quantitative estimate of drug-likeness (QED) is 0.250. The number of nitrogens with zero attached hydrogens (tertiary/aromatic N) is 3. The topological polar surface area (TPSA) is 74.3 Å². The third-order valence-electron chi connectivity index (χ3n) is 6.96. The molecule has 3 N–H and O–H groups in total. The molecule has 1 heterocycles. The van der Waals surface area contributed by atoms with Crippen molar-refractivity contribution in [3.63, 3.8) is 0 Å². The first-order valence-electron chi connectivity index (χ1n) is 13.0. The molecule has 3 aromatic carbocycles. The fraction of sp³-hybridized carbons (Fsp3) is 0.300. The second-order valence-electron chi connectivity index (χ2n) is 9.85. The van der Waals surface area contributed by atoms with Crippen LogP contribution in [0.15, 0.2) is 72.8 Å². The van der Waals surface area contributed by atoms with Gasteiger partial charge in [-0.25, -0.2) is 4.98 Å². The predicted molar refractivity (Wildman–Crippen MR) is 161 cm³/mol. The van der Waals surface area contributed by atoms with E-state index in [1.54, 1.807) is 7.11 Å². The second-order valence-corrected chi connectivity index (χ2v) is 10.3. The molecule has 8 heteroatoms. The number of anilines is 3. The molecule has 0 aliphatic heterocycles. The summed E-state index contributed by atoms with van der Waals surface area (Å²) in [4.78, 5) is 11.6. The third kappa shape index (κ3) is 5.97. The van der Waals surface area contributed by atoms with Gasteiger partial charge in [-0.1, -0.05) is 48.5 Å². The summed E-state index contributed by atoms with van der Waals surface area (Å²) in [6.07, 6.45) is 4.05.